The van der Waals surface area contributed by atoms with Crippen molar-refractivity contribution in [3.05, 3.63) is 0 Å². The molecule has 0 aromatic carbocycles. The topological polar surface area (TPSA) is 110 Å². The van der Waals surface area contributed by atoms with E-state index in [0.717, 1.165) is 0 Å². The number of ether oxygens (including phenoxy) is 1. The number of aliphatic hydroxyl groups excluding tert-OH is 5. The maximum atomic E-state index is 9.29. The van der Waals surface area contributed by atoms with Crippen molar-refractivity contribution in [3.8, 4) is 0 Å². The first kappa shape index (κ1) is 10.8. The summed E-state index contributed by atoms with van der Waals surface area (Å²) in [7, 11) is 1.23. The summed E-state index contributed by atoms with van der Waals surface area (Å²) >= 11 is 0. The highest BCUT2D eigenvalue weighted by Gasteiger charge is 2.48. The average molecular weight is 194 g/mol. The Balaban J connectivity index is 2.79. The van der Waals surface area contributed by atoms with Crippen molar-refractivity contribution in [1.29, 1.82) is 0 Å². The largest absolute Gasteiger partial charge is 0.387 e. The number of aliphatic hydroxyl groups is 5. The molecule has 0 bridgehead atoms. The van der Waals surface area contributed by atoms with Crippen LogP contribution in [-0.4, -0.2) is 69.3 Å². The van der Waals surface area contributed by atoms with E-state index in [1.165, 1.54) is 7.11 Å². The molecule has 1 saturated carbocycles. The number of methoxy groups -OCH3 is 1. The van der Waals surface area contributed by atoms with Crippen LogP contribution in [0.4, 0.5) is 0 Å². The summed E-state index contributed by atoms with van der Waals surface area (Å²) in [4.78, 5) is 0. The lowest BCUT2D eigenvalue weighted by Crippen LogP contribution is -2.64. The lowest BCUT2D eigenvalue weighted by molar-refractivity contribution is -0.229. The smallest absolute Gasteiger partial charge is 0.114 e. The van der Waals surface area contributed by atoms with Crippen LogP contribution in [0.2, 0.25) is 0 Å². The van der Waals surface area contributed by atoms with Gasteiger partial charge in [0, 0.05) is 7.11 Å². The molecule has 6 nitrogen and oxygen atoms in total. The molecule has 0 radical (unpaired) electrons. The van der Waals surface area contributed by atoms with Crippen molar-refractivity contribution in [3.63, 3.8) is 0 Å². The Morgan fingerprint density at radius 2 is 1.00 bits per heavy atom. The Labute approximate surface area is 75.0 Å². The molecule has 0 amide bonds. The standard InChI is InChI=1S/C7H14O6/c1-13-7-5(11)3(9)2(8)4(10)6(7)12/h2-12H,1H3/t2-,3?,4?,5-,6?,7+/m1/s1. The third-order valence-electron chi connectivity index (χ3n) is 2.35. The van der Waals surface area contributed by atoms with Gasteiger partial charge in [0.05, 0.1) is 0 Å². The van der Waals surface area contributed by atoms with Gasteiger partial charge in [-0.05, 0) is 0 Å². The van der Waals surface area contributed by atoms with Crippen molar-refractivity contribution in [2.24, 2.45) is 0 Å². The minimum atomic E-state index is -1.56. The molecule has 0 aromatic heterocycles. The second kappa shape index (κ2) is 3.87. The molecule has 6 atom stereocenters. The molecule has 1 rings (SSSR count). The average Bonchev–Trinajstić information content (AvgIpc) is 2.13. The lowest BCUT2D eigenvalue weighted by atomic mass is 9.85. The van der Waals surface area contributed by atoms with Crippen molar-refractivity contribution in [2.75, 3.05) is 7.11 Å². The lowest BCUT2D eigenvalue weighted by Gasteiger charge is -2.40. The van der Waals surface area contributed by atoms with Gasteiger partial charge in [-0.25, -0.2) is 0 Å². The molecule has 0 spiro atoms. The van der Waals surface area contributed by atoms with Crippen LogP contribution in [0.15, 0.2) is 0 Å². The summed E-state index contributed by atoms with van der Waals surface area (Å²) in [6.45, 7) is 0. The summed E-state index contributed by atoms with van der Waals surface area (Å²) in [6.07, 6.45) is -8.48. The second-order valence-electron chi connectivity index (χ2n) is 3.15. The van der Waals surface area contributed by atoms with E-state index in [-0.39, 0.29) is 0 Å². The van der Waals surface area contributed by atoms with E-state index in [4.69, 9.17) is 5.11 Å². The van der Waals surface area contributed by atoms with E-state index in [9.17, 15) is 20.4 Å². The number of rotatable bonds is 1. The second-order valence-corrected chi connectivity index (χ2v) is 3.15. The summed E-state index contributed by atoms with van der Waals surface area (Å²) in [6, 6.07) is 0. The van der Waals surface area contributed by atoms with Gasteiger partial charge in [0.2, 0.25) is 0 Å². The zero-order chi connectivity index (χ0) is 10.2. The van der Waals surface area contributed by atoms with Gasteiger partial charge >= 0.3 is 0 Å². The van der Waals surface area contributed by atoms with Crippen LogP contribution < -0.4 is 0 Å². The fourth-order valence-corrected chi connectivity index (χ4v) is 1.48. The van der Waals surface area contributed by atoms with Crippen LogP contribution in [0.3, 0.4) is 0 Å². The quantitative estimate of drug-likeness (QED) is 0.301. The van der Waals surface area contributed by atoms with E-state index in [0.29, 0.717) is 0 Å². The Hall–Kier alpha value is -0.240. The molecule has 1 aliphatic rings. The molecule has 1 fully saturated rings. The van der Waals surface area contributed by atoms with Gasteiger partial charge < -0.3 is 30.3 Å². The SMILES string of the molecule is CO[C@@H]1C(O)C(O)[C@H](O)C(O)[C@H]1O. The van der Waals surface area contributed by atoms with E-state index in [1.807, 2.05) is 0 Å². The molecule has 0 aromatic rings. The van der Waals surface area contributed by atoms with Gasteiger partial charge in [0.1, 0.15) is 36.6 Å². The van der Waals surface area contributed by atoms with Crippen molar-refractivity contribution >= 4 is 0 Å². The van der Waals surface area contributed by atoms with Gasteiger partial charge in [0.25, 0.3) is 0 Å². The Morgan fingerprint density at radius 1 is 0.692 bits per heavy atom. The Kier molecular flexibility index (Phi) is 3.23. The minimum Gasteiger partial charge on any atom is -0.387 e. The van der Waals surface area contributed by atoms with Gasteiger partial charge in [-0.1, -0.05) is 0 Å². The molecule has 3 unspecified atom stereocenters. The van der Waals surface area contributed by atoms with Crippen LogP contribution in [-0.2, 0) is 4.74 Å². The monoisotopic (exact) mass is 194 g/mol. The van der Waals surface area contributed by atoms with E-state index in [2.05, 4.69) is 4.74 Å². The van der Waals surface area contributed by atoms with Crippen LogP contribution in [0.25, 0.3) is 0 Å². The molecule has 0 heterocycles. The highest BCUT2D eigenvalue weighted by molar-refractivity contribution is 4.99. The van der Waals surface area contributed by atoms with Gasteiger partial charge in [-0.2, -0.15) is 0 Å². The van der Waals surface area contributed by atoms with Crippen LogP contribution in [0, 0.1) is 0 Å². The predicted molar refractivity (Wildman–Crippen MR) is 40.8 cm³/mol. The van der Waals surface area contributed by atoms with Crippen LogP contribution in [0.5, 0.6) is 0 Å². The molecular formula is C7H14O6. The highest BCUT2D eigenvalue weighted by atomic mass is 16.5. The summed E-state index contributed by atoms with van der Waals surface area (Å²) < 4.78 is 4.67. The van der Waals surface area contributed by atoms with Gasteiger partial charge in [-0.3, -0.25) is 0 Å². The molecule has 5 N–H and O–H groups in total. The predicted octanol–water partition coefficient (Wildman–Crippen LogP) is -3.18. The van der Waals surface area contributed by atoms with Crippen molar-refractivity contribution in [2.45, 2.75) is 36.6 Å². The first-order valence-corrected chi connectivity index (χ1v) is 3.93. The Bertz CT molecular complexity index is 158. The normalized spacial score (nSPS) is 52.2. The summed E-state index contributed by atoms with van der Waals surface area (Å²) in [5.74, 6) is 0. The first-order valence-electron chi connectivity index (χ1n) is 3.93. The third kappa shape index (κ3) is 1.69. The molecule has 0 aliphatic heterocycles. The Morgan fingerprint density at radius 3 is 1.31 bits per heavy atom. The highest BCUT2D eigenvalue weighted by Crippen LogP contribution is 2.23. The van der Waals surface area contributed by atoms with Crippen LogP contribution in [0.1, 0.15) is 0 Å². The van der Waals surface area contributed by atoms with E-state index in [1.54, 1.807) is 0 Å². The van der Waals surface area contributed by atoms with Gasteiger partial charge in [0.15, 0.2) is 0 Å². The zero-order valence-corrected chi connectivity index (χ0v) is 7.11. The van der Waals surface area contributed by atoms with E-state index >= 15 is 0 Å². The van der Waals surface area contributed by atoms with Crippen molar-refractivity contribution < 1.29 is 30.3 Å². The molecular weight excluding hydrogens is 180 g/mol. The van der Waals surface area contributed by atoms with Gasteiger partial charge in [-0.15, -0.1) is 0 Å². The fraction of sp³-hybridized carbons (Fsp3) is 1.00. The van der Waals surface area contributed by atoms with Crippen LogP contribution >= 0.6 is 0 Å². The third-order valence-corrected chi connectivity index (χ3v) is 2.35. The number of hydrogen-bond acceptors (Lipinski definition) is 6. The van der Waals surface area contributed by atoms with E-state index < -0.39 is 36.6 Å². The fourth-order valence-electron chi connectivity index (χ4n) is 1.48. The zero-order valence-electron chi connectivity index (χ0n) is 7.11. The maximum absolute atomic E-state index is 9.29. The first-order chi connectivity index (χ1) is 6.00. The molecule has 78 valence electrons. The maximum Gasteiger partial charge on any atom is 0.114 e. The summed E-state index contributed by atoms with van der Waals surface area (Å²) in [5.41, 5.74) is 0. The molecule has 0 saturated heterocycles. The molecule has 6 heteroatoms. The molecule has 1 aliphatic carbocycles. The summed E-state index contributed by atoms with van der Waals surface area (Å²) in [5, 5.41) is 46.1. The molecule has 13 heavy (non-hydrogen) atoms. The minimum absolute atomic E-state index is 1.09. The van der Waals surface area contributed by atoms with Crippen molar-refractivity contribution in [1.82, 2.24) is 0 Å². The number of hydrogen-bond donors (Lipinski definition) is 5.